The summed E-state index contributed by atoms with van der Waals surface area (Å²) in [4.78, 5) is 8.78. The third-order valence-electron chi connectivity index (χ3n) is 7.74. The number of halogens is 1. The molecule has 1 aliphatic carbocycles. The molecule has 2 aliphatic heterocycles. The lowest BCUT2D eigenvalue weighted by Crippen LogP contribution is -2.49. The second kappa shape index (κ2) is 11.2. The van der Waals surface area contributed by atoms with Crippen LogP contribution >= 0.6 is 0 Å². The Kier molecular flexibility index (Phi) is 7.88. The average molecular weight is 487 g/mol. The molecule has 7 nitrogen and oxygen atoms in total. The van der Waals surface area contributed by atoms with Crippen LogP contribution in [0.25, 0.3) is 0 Å². The first-order valence-corrected chi connectivity index (χ1v) is 13.3. The maximum absolute atomic E-state index is 12.8. The van der Waals surface area contributed by atoms with Gasteiger partial charge in [0, 0.05) is 32.1 Å². The quantitative estimate of drug-likeness (QED) is 0.404. The fraction of sp³-hybridized carbons (Fsp3) is 0.704. The Morgan fingerprint density at radius 2 is 1.89 bits per heavy atom. The van der Waals surface area contributed by atoms with Crippen LogP contribution in [0, 0.1) is 17.8 Å². The first-order valence-electron chi connectivity index (χ1n) is 13.3. The minimum Gasteiger partial charge on any atom is -0.494 e. The molecule has 2 aromatic rings. The molecular formula is C27H39FN4O3. The minimum atomic E-state index is -0.669. The lowest BCUT2D eigenvalue weighted by molar-refractivity contribution is -0.0403. The SMILES string of the molecule is CC(C)c1noc(N2CCC([C@H]3C[C@H]3CCOc3ccc(CCOCN4CC(F)C4)cc3)CC2)n1. The number of aromatic nitrogens is 2. The normalized spacial score (nSPS) is 23.6. The van der Waals surface area contributed by atoms with Crippen LogP contribution in [0.1, 0.15) is 56.8 Å². The van der Waals surface area contributed by atoms with Gasteiger partial charge in [0.2, 0.25) is 0 Å². The molecule has 1 aromatic carbocycles. The highest BCUT2D eigenvalue weighted by molar-refractivity contribution is 5.28. The Balaban J connectivity index is 0.942. The van der Waals surface area contributed by atoms with Crippen molar-refractivity contribution < 1.29 is 18.4 Å². The van der Waals surface area contributed by atoms with Crippen molar-refractivity contribution in [2.45, 2.75) is 58.0 Å². The van der Waals surface area contributed by atoms with Crippen molar-refractivity contribution in [1.29, 1.82) is 0 Å². The molecule has 5 rings (SSSR count). The van der Waals surface area contributed by atoms with E-state index in [-0.39, 0.29) is 0 Å². The number of likely N-dealkylation sites (tertiary alicyclic amines) is 1. The van der Waals surface area contributed by atoms with E-state index in [0.29, 0.717) is 38.4 Å². The number of alkyl halides is 1. The zero-order chi connectivity index (χ0) is 24.2. The summed E-state index contributed by atoms with van der Waals surface area (Å²) in [5.74, 6) is 4.50. The monoisotopic (exact) mass is 486 g/mol. The fourth-order valence-electron chi connectivity index (χ4n) is 5.36. The number of piperidine rings is 1. The molecule has 192 valence electrons. The number of benzene rings is 1. The maximum atomic E-state index is 12.8. The lowest BCUT2D eigenvalue weighted by atomic mass is 9.90. The van der Waals surface area contributed by atoms with E-state index in [2.05, 4.69) is 53.2 Å². The van der Waals surface area contributed by atoms with Crippen LogP contribution in [0.15, 0.2) is 28.8 Å². The second-order valence-corrected chi connectivity index (χ2v) is 10.8. The number of ether oxygens (including phenoxy) is 2. The van der Waals surface area contributed by atoms with Crippen LogP contribution in [0.3, 0.4) is 0 Å². The highest BCUT2D eigenvalue weighted by Crippen LogP contribution is 2.50. The van der Waals surface area contributed by atoms with Gasteiger partial charge in [-0.15, -0.1) is 0 Å². The predicted molar refractivity (Wildman–Crippen MR) is 132 cm³/mol. The number of hydrogen-bond donors (Lipinski definition) is 0. The van der Waals surface area contributed by atoms with Crippen molar-refractivity contribution in [3.05, 3.63) is 35.7 Å². The third kappa shape index (κ3) is 6.53. The first kappa shape index (κ1) is 24.5. The molecule has 0 bridgehead atoms. The van der Waals surface area contributed by atoms with Gasteiger partial charge in [-0.05, 0) is 67.6 Å². The van der Waals surface area contributed by atoms with Gasteiger partial charge < -0.3 is 18.9 Å². The van der Waals surface area contributed by atoms with Gasteiger partial charge in [-0.2, -0.15) is 4.98 Å². The average Bonchev–Trinajstić information content (AvgIpc) is 3.43. The molecule has 0 radical (unpaired) electrons. The van der Waals surface area contributed by atoms with Crippen molar-refractivity contribution in [3.63, 3.8) is 0 Å². The summed E-state index contributed by atoms with van der Waals surface area (Å²) >= 11 is 0. The molecule has 2 atom stereocenters. The number of anilines is 1. The van der Waals surface area contributed by atoms with Crippen molar-refractivity contribution >= 4 is 6.01 Å². The Morgan fingerprint density at radius 3 is 2.57 bits per heavy atom. The molecule has 2 saturated heterocycles. The van der Waals surface area contributed by atoms with Gasteiger partial charge in [-0.25, -0.2) is 4.39 Å². The predicted octanol–water partition coefficient (Wildman–Crippen LogP) is 4.68. The first-order chi connectivity index (χ1) is 17.0. The van der Waals surface area contributed by atoms with E-state index in [1.54, 1.807) is 0 Å². The topological polar surface area (TPSA) is 63.9 Å². The largest absolute Gasteiger partial charge is 0.494 e. The van der Waals surface area contributed by atoms with E-state index < -0.39 is 6.17 Å². The smallest absolute Gasteiger partial charge is 0.324 e. The molecule has 8 heteroatoms. The molecule has 0 unspecified atom stereocenters. The summed E-state index contributed by atoms with van der Waals surface area (Å²) in [7, 11) is 0. The van der Waals surface area contributed by atoms with Crippen molar-refractivity contribution in [2.75, 3.05) is 51.0 Å². The Morgan fingerprint density at radius 1 is 1.11 bits per heavy atom. The van der Waals surface area contributed by atoms with Crippen LogP contribution in [0.2, 0.25) is 0 Å². The summed E-state index contributed by atoms with van der Waals surface area (Å²) in [6.45, 7) is 9.19. The summed E-state index contributed by atoms with van der Waals surface area (Å²) in [6, 6.07) is 9.03. The fourth-order valence-corrected chi connectivity index (χ4v) is 5.36. The van der Waals surface area contributed by atoms with Crippen LogP contribution < -0.4 is 9.64 Å². The van der Waals surface area contributed by atoms with Crippen LogP contribution in [0.4, 0.5) is 10.4 Å². The Labute approximate surface area is 208 Å². The summed E-state index contributed by atoms with van der Waals surface area (Å²) in [5, 5.41) is 4.10. The van der Waals surface area contributed by atoms with Gasteiger partial charge in [0.05, 0.1) is 19.9 Å². The number of nitrogens with zero attached hydrogens (tertiary/aromatic N) is 4. The van der Waals surface area contributed by atoms with Gasteiger partial charge in [0.1, 0.15) is 11.9 Å². The minimum absolute atomic E-state index is 0.297. The van der Waals surface area contributed by atoms with Gasteiger partial charge in [0.15, 0.2) is 5.82 Å². The van der Waals surface area contributed by atoms with Crippen molar-refractivity contribution in [1.82, 2.24) is 15.0 Å². The molecule has 0 amide bonds. The van der Waals surface area contributed by atoms with E-state index >= 15 is 0 Å². The van der Waals surface area contributed by atoms with E-state index in [1.807, 2.05) is 4.90 Å². The zero-order valence-electron chi connectivity index (χ0n) is 21.1. The molecule has 3 heterocycles. The van der Waals surface area contributed by atoms with Crippen molar-refractivity contribution in [3.8, 4) is 5.75 Å². The Bertz CT molecular complexity index is 923. The molecule has 35 heavy (non-hydrogen) atoms. The van der Waals surface area contributed by atoms with Gasteiger partial charge in [-0.1, -0.05) is 31.1 Å². The van der Waals surface area contributed by atoms with E-state index in [0.717, 1.165) is 61.9 Å². The maximum Gasteiger partial charge on any atom is 0.324 e. The van der Waals surface area contributed by atoms with Crippen molar-refractivity contribution in [2.24, 2.45) is 17.8 Å². The number of rotatable bonds is 12. The summed E-state index contributed by atoms with van der Waals surface area (Å²) in [5.41, 5.74) is 1.24. The standard InChI is InChI=1S/C27H39FN4O3/c1-19(2)26-29-27(35-30-26)32-11-7-21(8-12-32)25-15-22(25)10-14-34-24-5-3-20(4-6-24)9-13-33-18-31-16-23(28)17-31/h3-6,19,21-23,25H,7-18H2,1-2H3/t22-,25-/m1/s1. The van der Waals surface area contributed by atoms with Gasteiger partial charge in [-0.3, -0.25) is 4.90 Å². The summed E-state index contributed by atoms with van der Waals surface area (Å²) < 4.78 is 29.9. The Hall–Kier alpha value is -2.19. The van der Waals surface area contributed by atoms with Crippen LogP contribution in [-0.4, -0.2) is 67.3 Å². The van der Waals surface area contributed by atoms with Gasteiger partial charge >= 0.3 is 6.01 Å². The van der Waals surface area contributed by atoms with Crippen LogP contribution in [0.5, 0.6) is 5.75 Å². The van der Waals surface area contributed by atoms with E-state index in [1.165, 1.54) is 24.8 Å². The van der Waals surface area contributed by atoms with E-state index in [4.69, 9.17) is 14.0 Å². The molecule has 1 saturated carbocycles. The second-order valence-electron chi connectivity index (χ2n) is 10.8. The molecule has 3 fully saturated rings. The highest BCUT2D eigenvalue weighted by atomic mass is 19.1. The number of hydrogen-bond acceptors (Lipinski definition) is 7. The zero-order valence-corrected chi connectivity index (χ0v) is 21.1. The molecule has 0 N–H and O–H groups in total. The summed E-state index contributed by atoms with van der Waals surface area (Å²) in [6.07, 6.45) is 5.09. The van der Waals surface area contributed by atoms with E-state index in [9.17, 15) is 4.39 Å². The molecule has 3 aliphatic rings. The molecule has 1 aromatic heterocycles. The molecule has 0 spiro atoms. The third-order valence-corrected chi connectivity index (χ3v) is 7.74. The van der Waals surface area contributed by atoms with Gasteiger partial charge in [0.25, 0.3) is 0 Å². The molecular weight excluding hydrogens is 447 g/mol. The highest BCUT2D eigenvalue weighted by Gasteiger charge is 2.43. The van der Waals surface area contributed by atoms with Crippen LogP contribution in [-0.2, 0) is 11.2 Å². The lowest BCUT2D eigenvalue weighted by Gasteiger charge is -2.33.